The average molecular weight is 208 g/mol. The highest BCUT2D eigenvalue weighted by Gasteiger charge is 2.11. The third kappa shape index (κ3) is 2.79. The summed E-state index contributed by atoms with van der Waals surface area (Å²) < 4.78 is 1.31. The summed E-state index contributed by atoms with van der Waals surface area (Å²) in [5, 5.41) is 6.69. The predicted molar refractivity (Wildman–Crippen MR) is 56.7 cm³/mol. The van der Waals surface area contributed by atoms with Crippen LogP contribution in [0.3, 0.4) is 0 Å². The lowest BCUT2D eigenvalue weighted by Gasteiger charge is -2.14. The van der Waals surface area contributed by atoms with Gasteiger partial charge in [0.2, 0.25) is 0 Å². The normalized spacial score (nSPS) is 16.8. The van der Waals surface area contributed by atoms with E-state index >= 15 is 0 Å². The summed E-state index contributed by atoms with van der Waals surface area (Å²) in [5.41, 5.74) is 0. The number of aromatic nitrogens is 2. The highest BCUT2D eigenvalue weighted by molar-refractivity contribution is 5.75. The lowest BCUT2D eigenvalue weighted by molar-refractivity contribution is 0.237. The lowest BCUT2D eigenvalue weighted by atomic mass is 10.4. The summed E-state index contributed by atoms with van der Waals surface area (Å²) in [4.78, 5) is 13.8. The van der Waals surface area contributed by atoms with Crippen LogP contribution in [0.4, 0.5) is 4.79 Å². The Morgan fingerprint density at radius 3 is 2.87 bits per heavy atom. The van der Waals surface area contributed by atoms with Gasteiger partial charge in [0.05, 0.1) is 0 Å². The summed E-state index contributed by atoms with van der Waals surface area (Å²) in [6, 6.07) is 1.58. The SMILES string of the molecule is O=C(NCCN1CCCC1)n1cccn1. The van der Waals surface area contributed by atoms with E-state index in [0.29, 0.717) is 6.54 Å². The van der Waals surface area contributed by atoms with Crippen molar-refractivity contribution in [1.82, 2.24) is 20.0 Å². The maximum atomic E-state index is 11.5. The molecular formula is C10H16N4O. The molecule has 0 spiro atoms. The van der Waals surface area contributed by atoms with Gasteiger partial charge in [0.25, 0.3) is 0 Å². The average Bonchev–Trinajstić information content (AvgIpc) is 2.90. The summed E-state index contributed by atoms with van der Waals surface area (Å²) in [6.07, 6.45) is 5.81. The number of carbonyl (C=O) groups excluding carboxylic acids is 1. The van der Waals surface area contributed by atoms with E-state index in [1.165, 1.54) is 17.5 Å². The number of nitrogens with zero attached hydrogens (tertiary/aromatic N) is 3. The molecule has 1 aromatic rings. The van der Waals surface area contributed by atoms with Crippen molar-refractivity contribution in [2.24, 2.45) is 0 Å². The van der Waals surface area contributed by atoms with Gasteiger partial charge in [0.15, 0.2) is 0 Å². The zero-order valence-electron chi connectivity index (χ0n) is 8.72. The molecule has 1 saturated heterocycles. The van der Waals surface area contributed by atoms with Crippen molar-refractivity contribution >= 4 is 6.03 Å². The number of hydrogen-bond donors (Lipinski definition) is 1. The minimum atomic E-state index is -0.154. The molecule has 1 amide bonds. The van der Waals surface area contributed by atoms with E-state index in [1.807, 2.05) is 0 Å². The number of likely N-dealkylation sites (tertiary alicyclic amines) is 1. The van der Waals surface area contributed by atoms with Crippen LogP contribution >= 0.6 is 0 Å². The van der Waals surface area contributed by atoms with E-state index in [1.54, 1.807) is 18.5 Å². The summed E-state index contributed by atoms with van der Waals surface area (Å²) in [5.74, 6) is 0. The molecule has 0 aromatic carbocycles. The van der Waals surface area contributed by atoms with Crippen molar-refractivity contribution in [3.63, 3.8) is 0 Å². The van der Waals surface area contributed by atoms with E-state index in [-0.39, 0.29) is 6.03 Å². The molecule has 15 heavy (non-hydrogen) atoms. The maximum Gasteiger partial charge on any atom is 0.342 e. The molecule has 0 radical (unpaired) electrons. The van der Waals surface area contributed by atoms with Crippen molar-refractivity contribution in [1.29, 1.82) is 0 Å². The Kier molecular flexibility index (Phi) is 3.34. The van der Waals surface area contributed by atoms with Crippen LogP contribution in [0.15, 0.2) is 18.5 Å². The van der Waals surface area contributed by atoms with Gasteiger partial charge in [-0.1, -0.05) is 0 Å². The van der Waals surface area contributed by atoms with Crippen molar-refractivity contribution in [3.8, 4) is 0 Å². The van der Waals surface area contributed by atoms with Gasteiger partial charge in [0.1, 0.15) is 0 Å². The molecule has 2 rings (SSSR count). The molecule has 0 atom stereocenters. The monoisotopic (exact) mass is 208 g/mol. The minimum absolute atomic E-state index is 0.154. The van der Waals surface area contributed by atoms with Gasteiger partial charge < -0.3 is 10.2 Å². The molecule has 1 aliphatic heterocycles. The van der Waals surface area contributed by atoms with E-state index in [0.717, 1.165) is 19.6 Å². The Morgan fingerprint density at radius 2 is 2.20 bits per heavy atom. The molecular weight excluding hydrogens is 192 g/mol. The molecule has 1 aromatic heterocycles. The zero-order chi connectivity index (χ0) is 10.5. The molecule has 5 nitrogen and oxygen atoms in total. The van der Waals surface area contributed by atoms with Crippen LogP contribution in [-0.2, 0) is 0 Å². The number of nitrogens with one attached hydrogen (secondary N) is 1. The van der Waals surface area contributed by atoms with Gasteiger partial charge in [0, 0.05) is 25.5 Å². The number of carbonyl (C=O) groups is 1. The largest absolute Gasteiger partial charge is 0.342 e. The highest BCUT2D eigenvalue weighted by Crippen LogP contribution is 2.05. The second kappa shape index (κ2) is 4.93. The van der Waals surface area contributed by atoms with Gasteiger partial charge in [-0.2, -0.15) is 9.78 Å². The van der Waals surface area contributed by atoms with Crippen LogP contribution in [0.1, 0.15) is 12.8 Å². The van der Waals surface area contributed by atoms with Crippen molar-refractivity contribution in [2.45, 2.75) is 12.8 Å². The standard InChI is InChI=1S/C10H16N4O/c15-10(14-8-3-4-12-14)11-5-9-13-6-1-2-7-13/h3-4,8H,1-2,5-7,9H2,(H,11,15). The maximum absolute atomic E-state index is 11.5. The van der Waals surface area contributed by atoms with Gasteiger partial charge in [-0.15, -0.1) is 0 Å². The second-order valence-electron chi connectivity index (χ2n) is 3.73. The number of rotatable bonds is 3. The first-order chi connectivity index (χ1) is 7.36. The first-order valence-corrected chi connectivity index (χ1v) is 5.36. The first-order valence-electron chi connectivity index (χ1n) is 5.36. The molecule has 0 unspecified atom stereocenters. The molecule has 0 bridgehead atoms. The molecule has 82 valence electrons. The molecule has 2 heterocycles. The third-order valence-corrected chi connectivity index (χ3v) is 2.62. The smallest absolute Gasteiger partial charge is 0.335 e. The van der Waals surface area contributed by atoms with Gasteiger partial charge >= 0.3 is 6.03 Å². The fourth-order valence-electron chi connectivity index (χ4n) is 1.80. The Balaban J connectivity index is 1.67. The van der Waals surface area contributed by atoms with Crippen LogP contribution in [0.5, 0.6) is 0 Å². The van der Waals surface area contributed by atoms with Crippen molar-refractivity contribution in [3.05, 3.63) is 18.5 Å². The van der Waals surface area contributed by atoms with E-state index in [4.69, 9.17) is 0 Å². The van der Waals surface area contributed by atoms with Crippen LogP contribution in [0.2, 0.25) is 0 Å². The van der Waals surface area contributed by atoms with Crippen molar-refractivity contribution < 1.29 is 4.79 Å². The highest BCUT2D eigenvalue weighted by atomic mass is 16.2. The Bertz CT molecular complexity index is 303. The van der Waals surface area contributed by atoms with E-state index < -0.39 is 0 Å². The minimum Gasteiger partial charge on any atom is -0.335 e. The van der Waals surface area contributed by atoms with E-state index in [2.05, 4.69) is 15.3 Å². The molecule has 0 aliphatic carbocycles. The second-order valence-corrected chi connectivity index (χ2v) is 3.73. The van der Waals surface area contributed by atoms with Crippen LogP contribution in [-0.4, -0.2) is 46.9 Å². The summed E-state index contributed by atoms with van der Waals surface area (Å²) in [7, 11) is 0. The Morgan fingerprint density at radius 1 is 1.40 bits per heavy atom. The molecule has 1 fully saturated rings. The molecule has 1 aliphatic rings. The Labute approximate surface area is 89.1 Å². The fourth-order valence-corrected chi connectivity index (χ4v) is 1.80. The van der Waals surface area contributed by atoms with E-state index in [9.17, 15) is 4.79 Å². The number of amides is 1. The summed E-state index contributed by atoms with van der Waals surface area (Å²) in [6.45, 7) is 3.96. The van der Waals surface area contributed by atoms with Gasteiger partial charge in [-0.05, 0) is 32.0 Å². The van der Waals surface area contributed by atoms with Gasteiger partial charge in [-0.25, -0.2) is 4.79 Å². The molecule has 5 heteroatoms. The Hall–Kier alpha value is -1.36. The first kappa shape index (κ1) is 10.2. The van der Waals surface area contributed by atoms with Crippen molar-refractivity contribution in [2.75, 3.05) is 26.2 Å². The third-order valence-electron chi connectivity index (χ3n) is 2.62. The quantitative estimate of drug-likeness (QED) is 0.788. The zero-order valence-corrected chi connectivity index (χ0v) is 8.72. The fraction of sp³-hybridized carbons (Fsp3) is 0.600. The van der Waals surface area contributed by atoms with Crippen LogP contribution in [0.25, 0.3) is 0 Å². The number of hydrogen-bond acceptors (Lipinski definition) is 3. The predicted octanol–water partition coefficient (Wildman–Crippen LogP) is 0.537. The van der Waals surface area contributed by atoms with Crippen LogP contribution < -0.4 is 5.32 Å². The van der Waals surface area contributed by atoms with Gasteiger partial charge in [-0.3, -0.25) is 0 Å². The van der Waals surface area contributed by atoms with Crippen LogP contribution in [0, 0.1) is 0 Å². The summed E-state index contributed by atoms with van der Waals surface area (Å²) >= 11 is 0. The molecule has 1 N–H and O–H groups in total. The molecule has 0 saturated carbocycles. The topological polar surface area (TPSA) is 50.2 Å². The lowest BCUT2D eigenvalue weighted by Crippen LogP contribution is -2.35.